The first-order chi connectivity index (χ1) is 8.69. The van der Waals surface area contributed by atoms with Crippen LogP contribution in [0.2, 0.25) is 0 Å². The van der Waals surface area contributed by atoms with E-state index < -0.39 is 0 Å². The monoisotopic (exact) mass is 245 g/mol. The number of anilines is 1. The van der Waals surface area contributed by atoms with E-state index in [1.807, 2.05) is 6.07 Å². The van der Waals surface area contributed by atoms with Gasteiger partial charge in [-0.15, -0.1) is 0 Å². The molecule has 0 aromatic heterocycles. The van der Waals surface area contributed by atoms with E-state index in [1.165, 1.54) is 0 Å². The number of phenolic OH excluding ortho intramolecular Hbond substituents is 1. The van der Waals surface area contributed by atoms with Crippen LogP contribution in [0.25, 0.3) is 0 Å². The van der Waals surface area contributed by atoms with Crippen LogP contribution >= 0.6 is 0 Å². The highest BCUT2D eigenvalue weighted by molar-refractivity contribution is 5.52. The quantitative estimate of drug-likeness (QED) is 0.812. The van der Waals surface area contributed by atoms with Gasteiger partial charge in [-0.05, 0) is 29.8 Å². The van der Waals surface area contributed by atoms with Gasteiger partial charge >= 0.3 is 0 Å². The van der Waals surface area contributed by atoms with E-state index in [9.17, 15) is 5.11 Å². The molecular weight excluding hydrogens is 230 g/mol. The minimum Gasteiger partial charge on any atom is -0.508 e. The van der Waals surface area contributed by atoms with E-state index in [0.29, 0.717) is 23.8 Å². The summed E-state index contributed by atoms with van der Waals surface area (Å²) in [5.41, 5.74) is 7.19. The highest BCUT2D eigenvalue weighted by Crippen LogP contribution is 2.29. The molecule has 94 valence electrons. The lowest BCUT2D eigenvalue weighted by molar-refractivity contribution is 0.284. The number of hydrogen-bond donors (Lipinski definition) is 2. The molecule has 0 saturated heterocycles. The Morgan fingerprint density at radius 3 is 2.67 bits per heavy atom. The lowest BCUT2D eigenvalue weighted by atomic mass is 10.2. The van der Waals surface area contributed by atoms with Crippen molar-refractivity contribution in [2.24, 2.45) is 0 Å². The van der Waals surface area contributed by atoms with Crippen LogP contribution in [0.5, 0.6) is 17.2 Å². The Hall–Kier alpha value is -2.36. The maximum absolute atomic E-state index is 9.35. The molecular formula is C14H15NO3. The van der Waals surface area contributed by atoms with Crippen molar-refractivity contribution in [3.05, 3.63) is 48.0 Å². The molecule has 4 heteroatoms. The predicted octanol–water partition coefficient (Wildman–Crippen LogP) is 2.56. The average Bonchev–Trinajstić information content (AvgIpc) is 2.37. The van der Waals surface area contributed by atoms with Crippen LogP contribution in [0.4, 0.5) is 5.69 Å². The summed E-state index contributed by atoms with van der Waals surface area (Å²) in [6.45, 7) is 0.341. The van der Waals surface area contributed by atoms with Crippen molar-refractivity contribution in [3.8, 4) is 17.2 Å². The van der Waals surface area contributed by atoms with Crippen LogP contribution in [0.15, 0.2) is 42.5 Å². The second-order valence-electron chi connectivity index (χ2n) is 3.87. The van der Waals surface area contributed by atoms with E-state index in [0.717, 1.165) is 5.56 Å². The van der Waals surface area contributed by atoms with Crippen LogP contribution in [0.1, 0.15) is 5.56 Å². The highest BCUT2D eigenvalue weighted by atomic mass is 16.5. The van der Waals surface area contributed by atoms with Gasteiger partial charge in [0.1, 0.15) is 12.4 Å². The zero-order valence-corrected chi connectivity index (χ0v) is 10.1. The van der Waals surface area contributed by atoms with Crippen LogP contribution in [-0.2, 0) is 6.61 Å². The Morgan fingerprint density at radius 2 is 1.94 bits per heavy atom. The molecule has 0 aliphatic carbocycles. The minimum absolute atomic E-state index is 0.218. The number of aromatic hydroxyl groups is 1. The van der Waals surface area contributed by atoms with Gasteiger partial charge in [-0.25, -0.2) is 0 Å². The molecule has 0 amide bonds. The molecule has 2 rings (SSSR count). The highest BCUT2D eigenvalue weighted by Gasteiger charge is 2.05. The number of phenols is 1. The summed E-state index contributed by atoms with van der Waals surface area (Å²) in [4.78, 5) is 0. The summed E-state index contributed by atoms with van der Waals surface area (Å²) in [7, 11) is 1.58. The fourth-order valence-corrected chi connectivity index (χ4v) is 1.61. The molecule has 0 aliphatic rings. The molecule has 0 spiro atoms. The smallest absolute Gasteiger partial charge is 0.163 e. The maximum atomic E-state index is 9.35. The first-order valence-electron chi connectivity index (χ1n) is 5.53. The fourth-order valence-electron chi connectivity index (χ4n) is 1.61. The van der Waals surface area contributed by atoms with Gasteiger partial charge in [0.05, 0.1) is 7.11 Å². The lowest BCUT2D eigenvalue weighted by Gasteiger charge is -2.11. The molecule has 0 bridgehead atoms. The maximum Gasteiger partial charge on any atom is 0.163 e. The number of methoxy groups -OCH3 is 1. The van der Waals surface area contributed by atoms with E-state index in [-0.39, 0.29) is 5.75 Å². The minimum atomic E-state index is 0.218. The van der Waals surface area contributed by atoms with E-state index >= 15 is 0 Å². The molecule has 2 aromatic carbocycles. The standard InChI is InChI=1S/C14H15NO3/c1-17-13-6-5-11(15)8-14(13)18-9-10-3-2-4-12(16)7-10/h2-8,16H,9,15H2,1H3. The van der Waals surface area contributed by atoms with Gasteiger partial charge in [0.25, 0.3) is 0 Å². The Morgan fingerprint density at radius 1 is 1.11 bits per heavy atom. The molecule has 2 aromatic rings. The van der Waals surface area contributed by atoms with Crippen LogP contribution in [-0.4, -0.2) is 12.2 Å². The third-order valence-electron chi connectivity index (χ3n) is 2.49. The molecule has 0 saturated carbocycles. The Kier molecular flexibility index (Phi) is 3.57. The molecule has 3 N–H and O–H groups in total. The van der Waals surface area contributed by atoms with Gasteiger partial charge < -0.3 is 20.3 Å². The lowest BCUT2D eigenvalue weighted by Crippen LogP contribution is -1.98. The summed E-state index contributed by atoms with van der Waals surface area (Å²) < 4.78 is 10.8. The van der Waals surface area contributed by atoms with Gasteiger partial charge in [0.15, 0.2) is 11.5 Å². The summed E-state index contributed by atoms with van der Waals surface area (Å²) in [6, 6.07) is 12.1. The molecule has 0 radical (unpaired) electrons. The van der Waals surface area contributed by atoms with Crippen molar-refractivity contribution >= 4 is 5.69 Å². The van der Waals surface area contributed by atoms with Crippen molar-refractivity contribution in [2.45, 2.75) is 6.61 Å². The van der Waals surface area contributed by atoms with Crippen LogP contribution < -0.4 is 15.2 Å². The first-order valence-corrected chi connectivity index (χ1v) is 5.53. The van der Waals surface area contributed by atoms with Gasteiger partial charge in [-0.1, -0.05) is 12.1 Å². The summed E-state index contributed by atoms with van der Waals surface area (Å²) in [5.74, 6) is 1.43. The number of benzene rings is 2. The van der Waals surface area contributed by atoms with Crippen molar-refractivity contribution < 1.29 is 14.6 Å². The normalized spacial score (nSPS) is 10.1. The molecule has 4 nitrogen and oxygen atoms in total. The molecule has 0 unspecified atom stereocenters. The van der Waals surface area contributed by atoms with Crippen molar-refractivity contribution in [1.29, 1.82) is 0 Å². The van der Waals surface area contributed by atoms with Crippen molar-refractivity contribution in [3.63, 3.8) is 0 Å². The van der Waals surface area contributed by atoms with Gasteiger partial charge in [-0.2, -0.15) is 0 Å². The second-order valence-corrected chi connectivity index (χ2v) is 3.87. The fraction of sp³-hybridized carbons (Fsp3) is 0.143. The second kappa shape index (κ2) is 5.31. The van der Waals surface area contributed by atoms with Crippen molar-refractivity contribution in [1.82, 2.24) is 0 Å². The number of nitrogens with two attached hydrogens (primary N) is 1. The van der Waals surface area contributed by atoms with Crippen LogP contribution in [0, 0.1) is 0 Å². The largest absolute Gasteiger partial charge is 0.508 e. The molecule has 0 fully saturated rings. The first kappa shape index (κ1) is 12.1. The van der Waals surface area contributed by atoms with E-state index in [1.54, 1.807) is 43.5 Å². The summed E-state index contributed by atoms with van der Waals surface area (Å²) in [5, 5.41) is 9.35. The molecule has 0 heterocycles. The SMILES string of the molecule is COc1ccc(N)cc1OCc1cccc(O)c1. The molecule has 18 heavy (non-hydrogen) atoms. The predicted molar refractivity (Wildman–Crippen MR) is 69.8 cm³/mol. The third kappa shape index (κ3) is 2.85. The summed E-state index contributed by atoms with van der Waals surface area (Å²) >= 11 is 0. The summed E-state index contributed by atoms with van der Waals surface area (Å²) in [6.07, 6.45) is 0. The van der Waals surface area contributed by atoms with Crippen LogP contribution in [0.3, 0.4) is 0 Å². The third-order valence-corrected chi connectivity index (χ3v) is 2.49. The Labute approximate surface area is 106 Å². The zero-order valence-electron chi connectivity index (χ0n) is 10.1. The molecule has 0 aliphatic heterocycles. The zero-order chi connectivity index (χ0) is 13.0. The Balaban J connectivity index is 2.12. The number of ether oxygens (including phenoxy) is 2. The number of rotatable bonds is 4. The van der Waals surface area contributed by atoms with Gasteiger partial charge in [0.2, 0.25) is 0 Å². The average molecular weight is 245 g/mol. The Bertz CT molecular complexity index is 540. The topological polar surface area (TPSA) is 64.7 Å². The van der Waals surface area contributed by atoms with E-state index in [2.05, 4.69) is 0 Å². The van der Waals surface area contributed by atoms with Crippen molar-refractivity contribution in [2.75, 3.05) is 12.8 Å². The number of hydrogen-bond acceptors (Lipinski definition) is 4. The van der Waals surface area contributed by atoms with E-state index in [4.69, 9.17) is 15.2 Å². The number of nitrogen functional groups attached to an aromatic ring is 1. The van der Waals surface area contributed by atoms with Gasteiger partial charge in [0, 0.05) is 11.8 Å². The molecule has 0 atom stereocenters. The van der Waals surface area contributed by atoms with Gasteiger partial charge in [-0.3, -0.25) is 0 Å².